The Bertz CT molecular complexity index is 1270. The van der Waals surface area contributed by atoms with Crippen LogP contribution in [0.1, 0.15) is 67.7 Å². The van der Waals surface area contributed by atoms with Crippen LogP contribution in [0.2, 0.25) is 0 Å². The van der Waals surface area contributed by atoms with Crippen molar-refractivity contribution < 1.29 is 27.3 Å². The standard InChI is InChI=1S/C24H24F3N5O3/c1-24(2,3)23-31-22(35-32-23)21(34)29-11-14-6-7-15(18(25)17(14)19(26)27)13-8-9-28-16(10-13)30-20(33)12-4-5-12/h6-10,12,19H,4-5,11H2,1-3H3,(H,29,34)(H,28,30,33). The largest absolute Gasteiger partial charge is 0.344 e. The van der Waals surface area contributed by atoms with Crippen molar-refractivity contribution in [1.29, 1.82) is 0 Å². The van der Waals surface area contributed by atoms with E-state index in [-0.39, 0.29) is 46.8 Å². The lowest BCUT2D eigenvalue weighted by Gasteiger charge is -2.14. The molecule has 2 amide bonds. The molecule has 1 saturated carbocycles. The van der Waals surface area contributed by atoms with Gasteiger partial charge >= 0.3 is 11.8 Å². The molecule has 2 N–H and O–H groups in total. The number of alkyl halides is 2. The zero-order valence-electron chi connectivity index (χ0n) is 19.4. The summed E-state index contributed by atoms with van der Waals surface area (Å²) < 4.78 is 47.9. The maximum absolute atomic E-state index is 15.2. The van der Waals surface area contributed by atoms with Gasteiger partial charge in [0.2, 0.25) is 5.91 Å². The van der Waals surface area contributed by atoms with Crippen LogP contribution in [-0.2, 0) is 16.8 Å². The lowest BCUT2D eigenvalue weighted by atomic mass is 9.96. The van der Waals surface area contributed by atoms with Crippen molar-refractivity contribution in [2.24, 2.45) is 5.92 Å². The van der Waals surface area contributed by atoms with E-state index in [1.165, 1.54) is 30.5 Å². The van der Waals surface area contributed by atoms with E-state index >= 15 is 4.39 Å². The van der Waals surface area contributed by atoms with Gasteiger partial charge in [-0.2, -0.15) is 4.98 Å². The Balaban J connectivity index is 1.54. The lowest BCUT2D eigenvalue weighted by Crippen LogP contribution is -2.24. The predicted octanol–water partition coefficient (Wildman–Crippen LogP) is 4.78. The molecule has 0 atom stereocenters. The van der Waals surface area contributed by atoms with Crippen molar-refractivity contribution in [3.8, 4) is 11.1 Å². The van der Waals surface area contributed by atoms with E-state index in [1.54, 1.807) is 0 Å². The predicted molar refractivity (Wildman–Crippen MR) is 120 cm³/mol. The normalized spacial score (nSPS) is 13.7. The van der Waals surface area contributed by atoms with Gasteiger partial charge in [-0.25, -0.2) is 18.2 Å². The van der Waals surface area contributed by atoms with E-state index in [0.29, 0.717) is 5.82 Å². The molecule has 1 aromatic carbocycles. The van der Waals surface area contributed by atoms with Crippen molar-refractivity contribution in [3.05, 3.63) is 59.1 Å². The van der Waals surface area contributed by atoms with Gasteiger partial charge in [0.15, 0.2) is 5.82 Å². The fourth-order valence-electron chi connectivity index (χ4n) is 3.36. The summed E-state index contributed by atoms with van der Waals surface area (Å²) >= 11 is 0. The number of anilines is 1. The van der Waals surface area contributed by atoms with Crippen LogP contribution in [0.3, 0.4) is 0 Å². The summed E-state index contributed by atoms with van der Waals surface area (Å²) in [5.41, 5.74) is -1.17. The lowest BCUT2D eigenvalue weighted by molar-refractivity contribution is -0.117. The topological polar surface area (TPSA) is 110 Å². The first-order valence-corrected chi connectivity index (χ1v) is 11.0. The highest BCUT2D eigenvalue weighted by Crippen LogP contribution is 2.34. The molecule has 184 valence electrons. The van der Waals surface area contributed by atoms with Crippen LogP contribution in [0.4, 0.5) is 19.0 Å². The molecule has 2 aromatic heterocycles. The Morgan fingerprint density at radius 2 is 1.94 bits per heavy atom. The molecule has 8 nitrogen and oxygen atoms in total. The molecule has 0 saturated heterocycles. The highest BCUT2D eigenvalue weighted by atomic mass is 19.3. The summed E-state index contributed by atoms with van der Waals surface area (Å²) in [5, 5.41) is 8.82. The number of nitrogens with one attached hydrogen (secondary N) is 2. The number of carbonyl (C=O) groups is 2. The van der Waals surface area contributed by atoms with Crippen molar-refractivity contribution in [2.45, 2.75) is 52.0 Å². The number of pyridine rings is 1. The summed E-state index contributed by atoms with van der Waals surface area (Å²) in [6.07, 6.45) is -0.155. The molecular formula is C24H24F3N5O3. The van der Waals surface area contributed by atoms with Gasteiger partial charge in [0.25, 0.3) is 6.43 Å². The van der Waals surface area contributed by atoms with Gasteiger partial charge in [0.1, 0.15) is 11.6 Å². The van der Waals surface area contributed by atoms with Crippen LogP contribution in [0.25, 0.3) is 11.1 Å². The summed E-state index contributed by atoms with van der Waals surface area (Å²) in [6, 6.07) is 5.55. The van der Waals surface area contributed by atoms with Crippen LogP contribution < -0.4 is 10.6 Å². The fourth-order valence-corrected chi connectivity index (χ4v) is 3.36. The maximum atomic E-state index is 15.2. The first kappa shape index (κ1) is 24.4. The molecule has 1 aliphatic rings. The minimum atomic E-state index is -3.13. The summed E-state index contributed by atoms with van der Waals surface area (Å²) in [6.45, 7) is 5.14. The number of carbonyl (C=O) groups excluding carboxylic acids is 2. The van der Waals surface area contributed by atoms with Crippen molar-refractivity contribution >= 4 is 17.6 Å². The van der Waals surface area contributed by atoms with Crippen LogP contribution >= 0.6 is 0 Å². The number of hydrogen-bond acceptors (Lipinski definition) is 6. The smallest absolute Gasteiger partial charge is 0.315 e. The van der Waals surface area contributed by atoms with Gasteiger partial charge in [-0.1, -0.05) is 38.1 Å². The van der Waals surface area contributed by atoms with E-state index in [9.17, 15) is 18.4 Å². The molecule has 11 heteroatoms. The van der Waals surface area contributed by atoms with Gasteiger partial charge in [-0.05, 0) is 36.1 Å². The SMILES string of the molecule is CC(C)(C)c1noc(C(=O)NCc2ccc(-c3ccnc(NC(=O)C4CC4)c3)c(F)c2C(F)F)n1. The molecular weight excluding hydrogens is 463 g/mol. The summed E-state index contributed by atoms with van der Waals surface area (Å²) in [7, 11) is 0. The summed E-state index contributed by atoms with van der Waals surface area (Å²) in [4.78, 5) is 32.4. The average Bonchev–Trinajstić information content (AvgIpc) is 3.52. The third-order valence-electron chi connectivity index (χ3n) is 5.49. The van der Waals surface area contributed by atoms with Crippen LogP contribution in [0.15, 0.2) is 35.0 Å². The molecule has 1 aliphatic carbocycles. The second-order valence-corrected chi connectivity index (χ2v) is 9.35. The van der Waals surface area contributed by atoms with E-state index < -0.39 is 29.1 Å². The third-order valence-corrected chi connectivity index (χ3v) is 5.49. The number of rotatable bonds is 7. The molecule has 4 rings (SSSR count). The number of halogens is 3. The molecule has 0 radical (unpaired) electrons. The van der Waals surface area contributed by atoms with Crippen LogP contribution in [0.5, 0.6) is 0 Å². The Morgan fingerprint density at radius 1 is 1.20 bits per heavy atom. The molecule has 0 unspecified atom stereocenters. The molecule has 0 spiro atoms. The zero-order chi connectivity index (χ0) is 25.3. The highest BCUT2D eigenvalue weighted by Gasteiger charge is 2.30. The highest BCUT2D eigenvalue weighted by molar-refractivity contribution is 5.93. The molecule has 2 heterocycles. The Labute approximate surface area is 199 Å². The maximum Gasteiger partial charge on any atom is 0.315 e. The first-order valence-electron chi connectivity index (χ1n) is 11.0. The monoisotopic (exact) mass is 487 g/mol. The van der Waals surface area contributed by atoms with Crippen LogP contribution in [0, 0.1) is 11.7 Å². The quantitative estimate of drug-likeness (QED) is 0.496. The number of amides is 2. The third kappa shape index (κ3) is 5.50. The average molecular weight is 487 g/mol. The van der Waals surface area contributed by atoms with Gasteiger partial charge in [0, 0.05) is 29.6 Å². The first-order chi connectivity index (χ1) is 16.5. The van der Waals surface area contributed by atoms with E-state index in [0.717, 1.165) is 12.8 Å². The van der Waals surface area contributed by atoms with Crippen LogP contribution in [-0.4, -0.2) is 26.9 Å². The second-order valence-electron chi connectivity index (χ2n) is 9.35. The van der Waals surface area contributed by atoms with E-state index in [2.05, 4.69) is 25.8 Å². The molecule has 35 heavy (non-hydrogen) atoms. The Hall–Kier alpha value is -3.76. The van der Waals surface area contributed by atoms with E-state index in [1.807, 2.05) is 20.8 Å². The fraction of sp³-hybridized carbons (Fsp3) is 0.375. The number of benzene rings is 1. The molecule has 0 aliphatic heterocycles. The van der Waals surface area contributed by atoms with Gasteiger partial charge in [0.05, 0.1) is 5.56 Å². The van der Waals surface area contributed by atoms with Gasteiger partial charge in [-0.15, -0.1) is 0 Å². The molecule has 3 aromatic rings. The second kappa shape index (κ2) is 9.47. The number of hydrogen-bond donors (Lipinski definition) is 2. The number of aromatic nitrogens is 3. The van der Waals surface area contributed by atoms with Gasteiger partial charge in [-0.3, -0.25) is 9.59 Å². The Morgan fingerprint density at radius 3 is 2.57 bits per heavy atom. The molecule has 1 fully saturated rings. The molecule has 0 bridgehead atoms. The van der Waals surface area contributed by atoms with Gasteiger partial charge < -0.3 is 15.2 Å². The summed E-state index contributed by atoms with van der Waals surface area (Å²) in [5.74, 6) is -1.90. The van der Waals surface area contributed by atoms with Crippen molar-refractivity contribution in [1.82, 2.24) is 20.4 Å². The minimum Gasteiger partial charge on any atom is -0.344 e. The van der Waals surface area contributed by atoms with Crippen molar-refractivity contribution in [2.75, 3.05) is 5.32 Å². The van der Waals surface area contributed by atoms with E-state index in [4.69, 9.17) is 4.52 Å². The zero-order valence-corrected chi connectivity index (χ0v) is 19.4. The minimum absolute atomic E-state index is 0.0515. The Kier molecular flexibility index (Phi) is 6.60. The van der Waals surface area contributed by atoms with Crippen molar-refractivity contribution in [3.63, 3.8) is 0 Å². The number of nitrogens with zero attached hydrogens (tertiary/aromatic N) is 3.